The van der Waals surface area contributed by atoms with E-state index < -0.39 is 23.7 Å². The average Bonchev–Trinajstić information content (AvgIpc) is 3.16. The molecule has 9 heteroatoms. The lowest BCUT2D eigenvalue weighted by atomic mass is 10.0. The predicted octanol–water partition coefficient (Wildman–Crippen LogP) is 2.03. The van der Waals surface area contributed by atoms with Crippen molar-refractivity contribution in [3.05, 3.63) is 64.2 Å². The van der Waals surface area contributed by atoms with E-state index in [0.29, 0.717) is 49.5 Å². The minimum atomic E-state index is -0.749. The maximum atomic E-state index is 14.5. The molecule has 2 fully saturated rings. The summed E-state index contributed by atoms with van der Waals surface area (Å²) in [5.74, 6) is 0.412. The van der Waals surface area contributed by atoms with Crippen molar-refractivity contribution < 1.29 is 23.2 Å². The first-order chi connectivity index (χ1) is 16.8. The fourth-order valence-electron chi connectivity index (χ4n) is 5.10. The number of hydrogen-bond donors (Lipinski definition) is 1. The molecule has 1 atom stereocenters. The van der Waals surface area contributed by atoms with Crippen LogP contribution in [0.1, 0.15) is 39.9 Å². The lowest BCUT2D eigenvalue weighted by Crippen LogP contribution is -2.52. The molecule has 0 aliphatic carbocycles. The van der Waals surface area contributed by atoms with Gasteiger partial charge < -0.3 is 9.80 Å². The SMILES string of the molecule is C#Cc1cc(F)ccc1CN1CCN(c2cc(F)cc3c2CN(C2CCC(=O)NC2=O)C3=O)CC1. The van der Waals surface area contributed by atoms with Gasteiger partial charge in [-0.25, -0.2) is 8.78 Å². The van der Waals surface area contributed by atoms with Gasteiger partial charge in [0.25, 0.3) is 5.91 Å². The van der Waals surface area contributed by atoms with Crippen molar-refractivity contribution in [2.24, 2.45) is 0 Å². The number of nitrogens with zero attached hydrogens (tertiary/aromatic N) is 3. The number of fused-ring (bicyclic) bond motifs is 1. The molecule has 5 rings (SSSR count). The summed E-state index contributed by atoms with van der Waals surface area (Å²) in [7, 11) is 0. The number of halogens is 2. The fraction of sp³-hybridized carbons (Fsp3) is 0.346. The molecule has 3 heterocycles. The van der Waals surface area contributed by atoms with Crippen LogP contribution < -0.4 is 10.2 Å². The zero-order valence-corrected chi connectivity index (χ0v) is 19.0. The summed E-state index contributed by atoms with van der Waals surface area (Å²) < 4.78 is 28.0. The Labute approximate surface area is 201 Å². The summed E-state index contributed by atoms with van der Waals surface area (Å²) in [4.78, 5) is 42.6. The standard InChI is InChI=1S/C26H24F2N4O3/c1-2-16-11-18(27)4-3-17(16)14-30-7-9-31(10-8-30)23-13-19(28)12-20-21(23)15-32(26(20)35)22-5-6-24(33)29-25(22)34/h1,3-4,11-13,22H,5-10,14-15H2,(H,29,33,34). The number of amides is 3. The summed E-state index contributed by atoms with van der Waals surface area (Å²) in [6, 6.07) is 6.36. The van der Waals surface area contributed by atoms with E-state index in [4.69, 9.17) is 6.42 Å². The third-order valence-electron chi connectivity index (χ3n) is 6.93. The number of rotatable bonds is 4. The van der Waals surface area contributed by atoms with Gasteiger partial charge >= 0.3 is 0 Å². The van der Waals surface area contributed by atoms with Gasteiger partial charge in [0.15, 0.2) is 0 Å². The molecular weight excluding hydrogens is 454 g/mol. The molecule has 2 saturated heterocycles. The van der Waals surface area contributed by atoms with Crippen LogP contribution in [0.2, 0.25) is 0 Å². The lowest BCUT2D eigenvalue weighted by molar-refractivity contribution is -0.136. The van der Waals surface area contributed by atoms with E-state index in [1.54, 1.807) is 6.07 Å². The number of piperazine rings is 1. The number of terminal acetylenes is 1. The number of hydrogen-bond acceptors (Lipinski definition) is 5. The van der Waals surface area contributed by atoms with E-state index in [1.165, 1.54) is 29.2 Å². The first kappa shape index (κ1) is 23.0. The summed E-state index contributed by atoms with van der Waals surface area (Å²) >= 11 is 0. The molecule has 0 aromatic heterocycles. The Morgan fingerprint density at radius 1 is 1.03 bits per heavy atom. The molecule has 3 amide bonds. The monoisotopic (exact) mass is 478 g/mol. The van der Waals surface area contributed by atoms with Crippen LogP contribution in [0.3, 0.4) is 0 Å². The molecular formula is C26H24F2N4O3. The molecule has 7 nitrogen and oxygen atoms in total. The molecule has 1 unspecified atom stereocenters. The van der Waals surface area contributed by atoms with Gasteiger partial charge in [-0.2, -0.15) is 0 Å². The van der Waals surface area contributed by atoms with Gasteiger partial charge in [-0.3, -0.25) is 24.6 Å². The summed E-state index contributed by atoms with van der Waals surface area (Å²) in [6.07, 6.45) is 5.94. The Balaban J connectivity index is 1.31. The maximum Gasteiger partial charge on any atom is 0.255 e. The Morgan fingerprint density at radius 3 is 2.51 bits per heavy atom. The first-order valence-corrected chi connectivity index (χ1v) is 11.5. The van der Waals surface area contributed by atoms with Gasteiger partial charge in [0.2, 0.25) is 11.8 Å². The van der Waals surface area contributed by atoms with E-state index in [9.17, 15) is 23.2 Å². The van der Waals surface area contributed by atoms with Crippen molar-refractivity contribution in [2.75, 3.05) is 31.1 Å². The highest BCUT2D eigenvalue weighted by Gasteiger charge is 2.41. The largest absolute Gasteiger partial charge is 0.369 e. The first-order valence-electron chi connectivity index (χ1n) is 11.5. The molecule has 0 radical (unpaired) electrons. The summed E-state index contributed by atoms with van der Waals surface area (Å²) in [5.41, 5.74) is 3.01. The van der Waals surface area contributed by atoms with Crippen LogP contribution in [-0.2, 0) is 22.7 Å². The quantitative estimate of drug-likeness (QED) is 0.538. The zero-order chi connectivity index (χ0) is 24.7. The van der Waals surface area contributed by atoms with Gasteiger partial charge in [-0.15, -0.1) is 6.42 Å². The number of piperidine rings is 1. The minimum absolute atomic E-state index is 0.162. The van der Waals surface area contributed by atoms with Crippen LogP contribution in [0.5, 0.6) is 0 Å². The topological polar surface area (TPSA) is 73.0 Å². The van der Waals surface area contributed by atoms with Crippen LogP contribution in [0.25, 0.3) is 0 Å². The molecule has 180 valence electrons. The molecule has 2 aromatic rings. The van der Waals surface area contributed by atoms with Gasteiger partial charge in [0, 0.05) is 68.1 Å². The number of carbonyl (C=O) groups is 3. The Hall–Kier alpha value is -3.77. The number of benzene rings is 2. The zero-order valence-electron chi connectivity index (χ0n) is 19.0. The Morgan fingerprint density at radius 2 is 1.80 bits per heavy atom. The second-order valence-electron chi connectivity index (χ2n) is 9.06. The Kier molecular flexibility index (Phi) is 5.99. The maximum absolute atomic E-state index is 14.5. The highest BCUT2D eigenvalue weighted by molar-refractivity contribution is 6.06. The van der Waals surface area contributed by atoms with Gasteiger partial charge in [-0.05, 0) is 36.2 Å². The molecule has 0 bridgehead atoms. The number of carbonyl (C=O) groups excluding carboxylic acids is 3. The van der Waals surface area contributed by atoms with Crippen LogP contribution in [0, 0.1) is 24.0 Å². The normalized spacial score (nSPS) is 20.6. The van der Waals surface area contributed by atoms with E-state index in [-0.39, 0.29) is 36.7 Å². The fourth-order valence-corrected chi connectivity index (χ4v) is 5.10. The third-order valence-corrected chi connectivity index (χ3v) is 6.93. The summed E-state index contributed by atoms with van der Waals surface area (Å²) in [6.45, 7) is 3.34. The van der Waals surface area contributed by atoms with Crippen LogP contribution in [-0.4, -0.2) is 59.7 Å². The number of nitrogens with one attached hydrogen (secondary N) is 1. The number of anilines is 1. The molecule has 1 N–H and O–H groups in total. The molecule has 35 heavy (non-hydrogen) atoms. The van der Waals surface area contributed by atoms with Crippen molar-refractivity contribution in [1.82, 2.24) is 15.1 Å². The van der Waals surface area contributed by atoms with E-state index >= 15 is 0 Å². The van der Waals surface area contributed by atoms with E-state index in [0.717, 1.165) is 5.56 Å². The summed E-state index contributed by atoms with van der Waals surface area (Å²) in [5, 5.41) is 2.28. The molecule has 0 saturated carbocycles. The van der Waals surface area contributed by atoms with E-state index in [1.807, 2.05) is 4.90 Å². The van der Waals surface area contributed by atoms with Crippen molar-refractivity contribution in [3.63, 3.8) is 0 Å². The minimum Gasteiger partial charge on any atom is -0.369 e. The predicted molar refractivity (Wildman–Crippen MR) is 124 cm³/mol. The second-order valence-corrected chi connectivity index (χ2v) is 9.06. The smallest absolute Gasteiger partial charge is 0.255 e. The molecule has 3 aliphatic rings. The molecule has 3 aliphatic heterocycles. The van der Waals surface area contributed by atoms with Gasteiger partial charge in [0.1, 0.15) is 17.7 Å². The third kappa shape index (κ3) is 4.37. The highest BCUT2D eigenvalue weighted by atomic mass is 19.1. The highest BCUT2D eigenvalue weighted by Crippen LogP contribution is 2.35. The van der Waals surface area contributed by atoms with Crippen LogP contribution in [0.4, 0.5) is 14.5 Å². The molecule has 0 spiro atoms. The van der Waals surface area contributed by atoms with E-state index in [2.05, 4.69) is 16.1 Å². The number of imide groups is 1. The van der Waals surface area contributed by atoms with Crippen molar-refractivity contribution in [1.29, 1.82) is 0 Å². The lowest BCUT2D eigenvalue weighted by Gasteiger charge is -2.37. The van der Waals surface area contributed by atoms with Crippen LogP contribution in [0.15, 0.2) is 30.3 Å². The van der Waals surface area contributed by atoms with Crippen molar-refractivity contribution >= 4 is 23.4 Å². The van der Waals surface area contributed by atoms with Crippen molar-refractivity contribution in [2.45, 2.75) is 32.0 Å². The Bertz CT molecular complexity index is 1260. The average molecular weight is 478 g/mol. The van der Waals surface area contributed by atoms with Gasteiger partial charge in [0.05, 0.1) is 0 Å². The second kappa shape index (κ2) is 9.12. The van der Waals surface area contributed by atoms with Crippen LogP contribution >= 0.6 is 0 Å². The molecule has 2 aromatic carbocycles. The van der Waals surface area contributed by atoms with Crippen molar-refractivity contribution in [3.8, 4) is 12.3 Å². The van der Waals surface area contributed by atoms with Gasteiger partial charge in [-0.1, -0.05) is 12.0 Å².